The summed E-state index contributed by atoms with van der Waals surface area (Å²) >= 11 is 9.71. The molecule has 0 unspecified atom stereocenters. The Kier molecular flexibility index (Phi) is 6.51. The first kappa shape index (κ1) is 18.4. The van der Waals surface area contributed by atoms with Gasteiger partial charge in [-0.1, -0.05) is 23.7 Å². The summed E-state index contributed by atoms with van der Waals surface area (Å²) in [6, 6.07) is 11.8. The Bertz CT molecular complexity index is 736. The van der Waals surface area contributed by atoms with Gasteiger partial charge in [0.05, 0.1) is 10.3 Å². The molecular formula is C18H17ClFNO2S2. The van der Waals surface area contributed by atoms with Gasteiger partial charge in [-0.2, -0.15) is 0 Å². The molecular weight excluding hydrogens is 381 g/mol. The van der Waals surface area contributed by atoms with Gasteiger partial charge in [0.2, 0.25) is 0 Å². The van der Waals surface area contributed by atoms with Crippen molar-refractivity contribution in [2.45, 2.75) is 11.0 Å². The number of hydrogen-bond acceptors (Lipinski definition) is 4. The molecule has 1 aliphatic rings. The molecule has 25 heavy (non-hydrogen) atoms. The molecule has 0 atom stereocenters. The first-order chi connectivity index (χ1) is 12.1. The van der Waals surface area contributed by atoms with Gasteiger partial charge < -0.3 is 10.1 Å². The van der Waals surface area contributed by atoms with E-state index in [1.807, 2.05) is 47.8 Å². The van der Waals surface area contributed by atoms with Crippen molar-refractivity contribution in [2.75, 3.05) is 23.4 Å². The van der Waals surface area contributed by atoms with Gasteiger partial charge >= 0.3 is 0 Å². The predicted octanol–water partition coefficient (Wildman–Crippen LogP) is 5.37. The molecule has 2 aromatic rings. The second-order valence-corrected chi connectivity index (χ2v) is 8.62. The molecule has 2 aromatic carbocycles. The lowest BCUT2D eigenvalue weighted by Crippen LogP contribution is -2.20. The van der Waals surface area contributed by atoms with E-state index in [2.05, 4.69) is 5.32 Å². The highest BCUT2D eigenvalue weighted by Crippen LogP contribution is 2.43. The van der Waals surface area contributed by atoms with Gasteiger partial charge in [-0.15, -0.1) is 23.5 Å². The SMILES string of the molecule is O=C(COc1ccc(C2SCCCS2)cc1)Nc1cc(Cl)ccc1F. The average Bonchev–Trinajstić information content (AvgIpc) is 2.64. The third-order valence-electron chi connectivity index (χ3n) is 3.55. The van der Waals surface area contributed by atoms with Gasteiger partial charge in [0.25, 0.3) is 5.91 Å². The highest BCUT2D eigenvalue weighted by atomic mass is 35.5. The van der Waals surface area contributed by atoms with Crippen LogP contribution in [0.4, 0.5) is 10.1 Å². The molecule has 1 N–H and O–H groups in total. The maximum absolute atomic E-state index is 13.6. The topological polar surface area (TPSA) is 38.3 Å². The van der Waals surface area contributed by atoms with Gasteiger partial charge in [-0.3, -0.25) is 4.79 Å². The van der Waals surface area contributed by atoms with E-state index in [1.54, 1.807) is 0 Å². The molecule has 7 heteroatoms. The molecule has 1 heterocycles. The molecule has 1 saturated heterocycles. The number of benzene rings is 2. The summed E-state index contributed by atoms with van der Waals surface area (Å²) in [5.41, 5.74) is 1.30. The number of halogens is 2. The summed E-state index contributed by atoms with van der Waals surface area (Å²) in [5, 5.41) is 2.81. The zero-order valence-electron chi connectivity index (χ0n) is 13.3. The van der Waals surface area contributed by atoms with E-state index in [4.69, 9.17) is 16.3 Å². The molecule has 3 nitrogen and oxygen atoms in total. The van der Waals surface area contributed by atoms with Crippen molar-refractivity contribution in [1.82, 2.24) is 0 Å². The number of nitrogens with one attached hydrogen (secondary N) is 1. The number of hydrogen-bond donors (Lipinski definition) is 1. The first-order valence-electron chi connectivity index (χ1n) is 7.83. The number of amides is 1. The van der Waals surface area contributed by atoms with Crippen LogP contribution in [0.1, 0.15) is 16.6 Å². The van der Waals surface area contributed by atoms with Crippen LogP contribution in [-0.4, -0.2) is 24.0 Å². The molecule has 0 radical (unpaired) electrons. The van der Waals surface area contributed by atoms with Gasteiger partial charge in [0, 0.05) is 5.02 Å². The second kappa shape index (κ2) is 8.83. The van der Waals surface area contributed by atoms with Crippen molar-refractivity contribution in [1.29, 1.82) is 0 Å². The number of anilines is 1. The molecule has 3 rings (SSSR count). The van der Waals surface area contributed by atoms with Gasteiger partial charge in [0.15, 0.2) is 6.61 Å². The van der Waals surface area contributed by atoms with Crippen molar-refractivity contribution >= 4 is 46.7 Å². The molecule has 0 spiro atoms. The first-order valence-corrected chi connectivity index (χ1v) is 10.3. The monoisotopic (exact) mass is 397 g/mol. The fourth-order valence-corrected chi connectivity index (χ4v) is 5.40. The van der Waals surface area contributed by atoms with Crippen molar-refractivity contribution in [3.63, 3.8) is 0 Å². The minimum atomic E-state index is -0.537. The summed E-state index contributed by atoms with van der Waals surface area (Å²) in [5.74, 6) is 2.01. The van der Waals surface area contributed by atoms with Crippen LogP contribution in [0.15, 0.2) is 42.5 Å². The molecule has 1 amide bonds. The maximum Gasteiger partial charge on any atom is 0.262 e. The van der Waals surface area contributed by atoms with Gasteiger partial charge in [-0.05, 0) is 53.8 Å². The van der Waals surface area contributed by atoms with E-state index in [0.717, 1.165) is 0 Å². The van der Waals surface area contributed by atoms with Crippen LogP contribution in [0.5, 0.6) is 5.75 Å². The number of ether oxygens (including phenoxy) is 1. The Labute approximate surface area is 159 Å². The zero-order chi connectivity index (χ0) is 17.6. The van der Waals surface area contributed by atoms with Gasteiger partial charge in [-0.25, -0.2) is 4.39 Å². The van der Waals surface area contributed by atoms with E-state index >= 15 is 0 Å². The molecule has 0 aliphatic carbocycles. The molecule has 132 valence electrons. The fourth-order valence-electron chi connectivity index (χ4n) is 2.33. The van der Waals surface area contributed by atoms with E-state index in [0.29, 0.717) is 15.4 Å². The van der Waals surface area contributed by atoms with Crippen LogP contribution >= 0.6 is 35.1 Å². The largest absolute Gasteiger partial charge is 0.484 e. The van der Waals surface area contributed by atoms with E-state index in [9.17, 15) is 9.18 Å². The lowest BCUT2D eigenvalue weighted by molar-refractivity contribution is -0.118. The summed E-state index contributed by atoms with van der Waals surface area (Å²) in [7, 11) is 0. The summed E-state index contributed by atoms with van der Waals surface area (Å²) in [6.45, 7) is -0.196. The van der Waals surface area contributed by atoms with Crippen LogP contribution in [0.25, 0.3) is 0 Å². The van der Waals surface area contributed by atoms with Gasteiger partial charge in [0.1, 0.15) is 11.6 Å². The number of carbonyl (C=O) groups is 1. The minimum Gasteiger partial charge on any atom is -0.484 e. The Balaban J connectivity index is 1.52. The Morgan fingerprint density at radius 1 is 1.20 bits per heavy atom. The quantitative estimate of drug-likeness (QED) is 0.736. The summed E-state index contributed by atoms with van der Waals surface area (Å²) < 4.78 is 19.5. The smallest absolute Gasteiger partial charge is 0.262 e. The lowest BCUT2D eigenvalue weighted by atomic mass is 10.2. The number of carbonyl (C=O) groups excluding carboxylic acids is 1. The van der Waals surface area contributed by atoms with Crippen molar-refractivity contribution in [3.8, 4) is 5.75 Å². The molecule has 0 saturated carbocycles. The maximum atomic E-state index is 13.6. The third-order valence-corrected chi connectivity index (χ3v) is 6.80. The molecule has 1 fully saturated rings. The number of rotatable bonds is 5. The molecule has 1 aliphatic heterocycles. The summed E-state index contributed by atoms with van der Waals surface area (Å²) in [4.78, 5) is 11.9. The fraction of sp³-hybridized carbons (Fsp3) is 0.278. The Hall–Kier alpha value is -1.37. The normalized spacial score (nSPS) is 15.0. The van der Waals surface area contributed by atoms with E-state index < -0.39 is 11.7 Å². The Morgan fingerprint density at radius 2 is 1.92 bits per heavy atom. The van der Waals surface area contributed by atoms with Crippen molar-refractivity contribution in [2.24, 2.45) is 0 Å². The van der Waals surface area contributed by atoms with Crippen LogP contribution in [0.2, 0.25) is 5.02 Å². The van der Waals surface area contributed by atoms with Crippen LogP contribution in [0, 0.1) is 5.82 Å². The highest BCUT2D eigenvalue weighted by molar-refractivity contribution is 8.16. The predicted molar refractivity (Wildman–Crippen MR) is 104 cm³/mol. The summed E-state index contributed by atoms with van der Waals surface area (Å²) in [6.07, 6.45) is 1.26. The zero-order valence-corrected chi connectivity index (χ0v) is 15.7. The average molecular weight is 398 g/mol. The molecule has 0 bridgehead atoms. The highest BCUT2D eigenvalue weighted by Gasteiger charge is 2.16. The standard InChI is InChI=1S/C18H17ClFNO2S2/c19-13-4-7-15(20)16(10-13)21-17(22)11-23-14-5-2-12(3-6-14)18-24-8-1-9-25-18/h2-7,10,18H,1,8-9,11H2,(H,21,22). The van der Waals surface area contributed by atoms with Crippen molar-refractivity contribution < 1.29 is 13.9 Å². The van der Waals surface area contributed by atoms with Crippen LogP contribution in [-0.2, 0) is 4.79 Å². The van der Waals surface area contributed by atoms with Crippen molar-refractivity contribution in [3.05, 3.63) is 58.9 Å². The van der Waals surface area contributed by atoms with Crippen LogP contribution < -0.4 is 10.1 Å². The van der Waals surface area contributed by atoms with E-state index in [1.165, 1.54) is 41.7 Å². The lowest BCUT2D eigenvalue weighted by Gasteiger charge is -2.21. The molecule has 0 aromatic heterocycles. The third kappa shape index (κ3) is 5.30. The van der Waals surface area contributed by atoms with E-state index in [-0.39, 0.29) is 12.3 Å². The minimum absolute atomic E-state index is 0.0443. The Morgan fingerprint density at radius 3 is 2.64 bits per heavy atom. The number of thioether (sulfide) groups is 2. The van der Waals surface area contributed by atoms with Crippen LogP contribution in [0.3, 0.4) is 0 Å². The second-order valence-electron chi connectivity index (χ2n) is 5.46.